The van der Waals surface area contributed by atoms with Gasteiger partial charge >= 0.3 is 0 Å². The van der Waals surface area contributed by atoms with Crippen molar-refractivity contribution in [3.63, 3.8) is 0 Å². The normalized spacial score (nSPS) is 30.9. The summed E-state index contributed by atoms with van der Waals surface area (Å²) in [5.74, 6) is 1.58. The molecule has 0 bridgehead atoms. The minimum Gasteiger partial charge on any atom is -0.261 e. The van der Waals surface area contributed by atoms with Crippen molar-refractivity contribution in [2.45, 2.75) is 12.3 Å². The van der Waals surface area contributed by atoms with Crippen molar-refractivity contribution in [1.82, 2.24) is 0 Å². The largest absolute Gasteiger partial charge is 0.261 e. The van der Waals surface area contributed by atoms with E-state index in [1.807, 2.05) is 0 Å². The third kappa shape index (κ3) is 0.681. The Bertz CT molecular complexity index is 327. The van der Waals surface area contributed by atoms with Gasteiger partial charge in [-0.25, -0.2) is 0 Å². The van der Waals surface area contributed by atoms with Crippen LogP contribution in [0.5, 0.6) is 0 Å². The number of nitrogens with zero attached hydrogens (tertiary/aromatic N) is 1. The predicted octanol–water partition coefficient (Wildman–Crippen LogP) is 2.51. The molecule has 1 heteroatoms. The maximum Gasteiger partial charge on any atom is 0.0660 e. The van der Waals surface area contributed by atoms with E-state index in [-0.39, 0.29) is 0 Å². The van der Waals surface area contributed by atoms with Crippen molar-refractivity contribution in [1.29, 1.82) is 0 Å². The zero-order valence-electron chi connectivity index (χ0n) is 6.20. The summed E-state index contributed by atoms with van der Waals surface area (Å²) in [5, 5.41) is 0. The molecule has 1 heterocycles. The summed E-state index contributed by atoms with van der Waals surface area (Å²) < 4.78 is 0. The molecule has 3 rings (SSSR count). The van der Waals surface area contributed by atoms with Gasteiger partial charge in [0.1, 0.15) is 0 Å². The lowest BCUT2D eigenvalue weighted by Gasteiger charge is -2.06. The van der Waals surface area contributed by atoms with Gasteiger partial charge in [-0.1, -0.05) is 18.2 Å². The van der Waals surface area contributed by atoms with E-state index in [1.165, 1.54) is 17.7 Å². The van der Waals surface area contributed by atoms with Gasteiger partial charge in [-0.05, 0) is 24.0 Å². The molecule has 2 aliphatic rings. The molecular formula is C10H9N. The van der Waals surface area contributed by atoms with E-state index in [4.69, 9.17) is 0 Å². The Labute approximate surface area is 65.8 Å². The number of para-hydroxylation sites is 1. The monoisotopic (exact) mass is 143 g/mol. The first-order chi connectivity index (χ1) is 5.45. The van der Waals surface area contributed by atoms with Gasteiger partial charge < -0.3 is 0 Å². The first-order valence-corrected chi connectivity index (χ1v) is 4.08. The molecule has 1 aromatic carbocycles. The van der Waals surface area contributed by atoms with E-state index in [1.54, 1.807) is 0 Å². The summed E-state index contributed by atoms with van der Waals surface area (Å²) in [4.78, 5) is 4.39. The van der Waals surface area contributed by atoms with E-state index in [2.05, 4.69) is 35.5 Å². The number of benzene rings is 1. The van der Waals surface area contributed by atoms with E-state index in [9.17, 15) is 0 Å². The Hall–Kier alpha value is -1.11. The molecule has 11 heavy (non-hydrogen) atoms. The third-order valence-electron chi connectivity index (χ3n) is 2.58. The van der Waals surface area contributed by atoms with Gasteiger partial charge in [-0.2, -0.15) is 0 Å². The highest BCUT2D eigenvalue weighted by atomic mass is 14.8. The predicted molar refractivity (Wildman–Crippen MR) is 45.4 cm³/mol. The molecule has 0 saturated heterocycles. The molecule has 1 saturated carbocycles. The van der Waals surface area contributed by atoms with Crippen LogP contribution in [-0.2, 0) is 0 Å². The lowest BCUT2D eigenvalue weighted by molar-refractivity contribution is 1.04. The van der Waals surface area contributed by atoms with Crippen LogP contribution in [0, 0.1) is 5.92 Å². The van der Waals surface area contributed by atoms with E-state index in [0.29, 0.717) is 0 Å². The van der Waals surface area contributed by atoms with Crippen molar-refractivity contribution in [3.8, 4) is 0 Å². The molecule has 0 aromatic heterocycles. The van der Waals surface area contributed by atoms with Crippen molar-refractivity contribution in [2.75, 3.05) is 0 Å². The van der Waals surface area contributed by atoms with Gasteiger partial charge in [0.15, 0.2) is 0 Å². The number of rotatable bonds is 0. The second-order valence-corrected chi connectivity index (χ2v) is 3.34. The second kappa shape index (κ2) is 1.73. The van der Waals surface area contributed by atoms with Crippen LogP contribution >= 0.6 is 0 Å². The van der Waals surface area contributed by atoms with Crippen molar-refractivity contribution < 1.29 is 0 Å². The van der Waals surface area contributed by atoms with E-state index >= 15 is 0 Å². The van der Waals surface area contributed by atoms with Crippen LogP contribution in [0.25, 0.3) is 0 Å². The van der Waals surface area contributed by atoms with Crippen molar-refractivity contribution in [3.05, 3.63) is 29.8 Å². The maximum absolute atomic E-state index is 4.39. The first kappa shape index (κ1) is 5.53. The number of fused-ring (bicyclic) bond motifs is 3. The smallest absolute Gasteiger partial charge is 0.0660 e. The number of hydrogen-bond acceptors (Lipinski definition) is 1. The fraction of sp³-hybridized carbons (Fsp3) is 0.300. The number of aliphatic imine (C=N–C) groups is 1. The molecule has 1 fully saturated rings. The molecule has 2 atom stereocenters. The zero-order chi connectivity index (χ0) is 7.26. The molecule has 1 nitrogen and oxygen atoms in total. The van der Waals surface area contributed by atoms with Crippen LogP contribution in [0.1, 0.15) is 17.9 Å². The lowest BCUT2D eigenvalue weighted by atomic mass is 10.1. The molecule has 0 spiro atoms. The zero-order valence-corrected chi connectivity index (χ0v) is 6.20. The average molecular weight is 143 g/mol. The molecule has 1 aliphatic heterocycles. The van der Waals surface area contributed by atoms with E-state index < -0.39 is 0 Å². The summed E-state index contributed by atoms with van der Waals surface area (Å²) in [6.07, 6.45) is 3.42. The Morgan fingerprint density at radius 3 is 3.18 bits per heavy atom. The van der Waals surface area contributed by atoms with Crippen LogP contribution in [0.2, 0.25) is 0 Å². The highest BCUT2D eigenvalue weighted by molar-refractivity contribution is 5.76. The van der Waals surface area contributed by atoms with Crippen LogP contribution in [0.3, 0.4) is 0 Å². The Morgan fingerprint density at radius 2 is 2.18 bits per heavy atom. The molecular weight excluding hydrogens is 134 g/mol. The standard InChI is InChI=1S/C10H9N/c1-2-4-10-8(3-1)9-5-7(9)6-11-10/h1-4,6-7,9H,5H2. The summed E-state index contributed by atoms with van der Waals surface area (Å²) in [5.41, 5.74) is 2.64. The Morgan fingerprint density at radius 1 is 1.27 bits per heavy atom. The fourth-order valence-corrected chi connectivity index (χ4v) is 1.83. The minimum atomic E-state index is 0.768. The highest BCUT2D eigenvalue weighted by Gasteiger charge is 2.40. The van der Waals surface area contributed by atoms with Gasteiger partial charge in [0.05, 0.1) is 5.69 Å². The van der Waals surface area contributed by atoms with Gasteiger partial charge in [-0.3, -0.25) is 4.99 Å². The van der Waals surface area contributed by atoms with E-state index in [0.717, 1.165) is 11.8 Å². The molecule has 2 unspecified atom stereocenters. The lowest BCUT2D eigenvalue weighted by Crippen LogP contribution is -1.91. The van der Waals surface area contributed by atoms with Gasteiger partial charge in [0.25, 0.3) is 0 Å². The third-order valence-corrected chi connectivity index (χ3v) is 2.58. The summed E-state index contributed by atoms with van der Waals surface area (Å²) in [6, 6.07) is 8.46. The first-order valence-electron chi connectivity index (χ1n) is 4.08. The second-order valence-electron chi connectivity index (χ2n) is 3.34. The van der Waals surface area contributed by atoms with Crippen LogP contribution in [-0.4, -0.2) is 6.21 Å². The number of hydrogen-bond donors (Lipinski definition) is 0. The van der Waals surface area contributed by atoms with Crippen LogP contribution in [0.4, 0.5) is 5.69 Å². The fourth-order valence-electron chi connectivity index (χ4n) is 1.83. The van der Waals surface area contributed by atoms with Crippen LogP contribution < -0.4 is 0 Å². The topological polar surface area (TPSA) is 12.4 Å². The SMILES string of the molecule is C1=Nc2ccccc2C2CC12. The quantitative estimate of drug-likeness (QED) is 0.529. The molecule has 54 valence electrons. The van der Waals surface area contributed by atoms with Gasteiger partial charge in [-0.15, -0.1) is 0 Å². The summed E-state index contributed by atoms with van der Waals surface area (Å²) in [6.45, 7) is 0. The average Bonchev–Trinajstić information content (AvgIpc) is 2.83. The molecule has 0 N–H and O–H groups in total. The highest BCUT2D eigenvalue weighted by Crippen LogP contribution is 2.51. The van der Waals surface area contributed by atoms with Gasteiger partial charge in [0, 0.05) is 12.1 Å². The maximum atomic E-state index is 4.39. The van der Waals surface area contributed by atoms with Gasteiger partial charge in [0.2, 0.25) is 0 Å². The Kier molecular flexibility index (Phi) is 0.869. The van der Waals surface area contributed by atoms with Crippen LogP contribution in [0.15, 0.2) is 29.3 Å². The summed E-state index contributed by atoms with van der Waals surface area (Å²) in [7, 11) is 0. The summed E-state index contributed by atoms with van der Waals surface area (Å²) >= 11 is 0. The van der Waals surface area contributed by atoms with Crippen molar-refractivity contribution >= 4 is 11.9 Å². The van der Waals surface area contributed by atoms with Crippen molar-refractivity contribution in [2.24, 2.45) is 10.9 Å². The molecule has 0 amide bonds. The molecule has 1 aliphatic carbocycles. The Balaban J connectivity index is 2.24. The molecule has 0 radical (unpaired) electrons. The molecule has 1 aromatic rings. The minimum absolute atomic E-state index is 0.768.